The van der Waals surface area contributed by atoms with E-state index in [1.165, 1.54) is 0 Å². The lowest BCUT2D eigenvalue weighted by Gasteiger charge is -2.21. The zero-order valence-electron chi connectivity index (χ0n) is 6.46. The molecule has 0 bridgehead atoms. The van der Waals surface area contributed by atoms with Crippen LogP contribution in [0.5, 0.6) is 0 Å². The Balaban J connectivity index is 3.69. The Morgan fingerprint density at radius 2 is 2.30 bits per heavy atom. The second-order valence-corrected chi connectivity index (χ2v) is 2.34. The molecule has 0 saturated heterocycles. The molecule has 0 aliphatic rings. The summed E-state index contributed by atoms with van der Waals surface area (Å²) in [5.41, 5.74) is 5.23. The topological polar surface area (TPSA) is 73.3 Å². The number of nitrogens with one attached hydrogen (secondary N) is 1. The van der Waals surface area contributed by atoms with Crippen molar-refractivity contribution in [1.82, 2.24) is 4.90 Å². The number of aliphatic hydroxyl groups is 1. The van der Waals surface area contributed by atoms with E-state index in [4.69, 9.17) is 16.2 Å². The SMILES string of the molecule is CC(C(=N)N)N(C)CCO. The number of nitrogens with zero attached hydrogens (tertiary/aromatic N) is 1. The highest BCUT2D eigenvalue weighted by Gasteiger charge is 2.09. The molecule has 0 radical (unpaired) electrons. The van der Waals surface area contributed by atoms with E-state index in [9.17, 15) is 0 Å². The third-order valence-corrected chi connectivity index (χ3v) is 1.56. The maximum atomic E-state index is 8.51. The number of hydrogen-bond acceptors (Lipinski definition) is 3. The summed E-state index contributed by atoms with van der Waals surface area (Å²) in [6.07, 6.45) is 0. The van der Waals surface area contributed by atoms with Crippen molar-refractivity contribution in [2.24, 2.45) is 5.73 Å². The van der Waals surface area contributed by atoms with Crippen LogP contribution in [-0.4, -0.2) is 42.1 Å². The fourth-order valence-corrected chi connectivity index (χ4v) is 0.589. The lowest BCUT2D eigenvalue weighted by molar-refractivity contribution is 0.211. The first-order chi connectivity index (χ1) is 4.59. The second-order valence-electron chi connectivity index (χ2n) is 2.34. The van der Waals surface area contributed by atoms with Crippen molar-refractivity contribution < 1.29 is 5.11 Å². The molecule has 0 aromatic heterocycles. The Morgan fingerprint density at radius 1 is 1.80 bits per heavy atom. The van der Waals surface area contributed by atoms with Crippen molar-refractivity contribution in [2.45, 2.75) is 13.0 Å². The van der Waals surface area contributed by atoms with Crippen LogP contribution in [0, 0.1) is 5.41 Å². The minimum absolute atomic E-state index is 0.0767. The van der Waals surface area contributed by atoms with Crippen molar-refractivity contribution in [3.8, 4) is 0 Å². The normalized spacial score (nSPS) is 13.6. The van der Waals surface area contributed by atoms with Crippen molar-refractivity contribution in [2.75, 3.05) is 20.2 Å². The van der Waals surface area contributed by atoms with Crippen LogP contribution in [0.4, 0.5) is 0 Å². The van der Waals surface area contributed by atoms with Gasteiger partial charge < -0.3 is 10.8 Å². The summed E-state index contributed by atoms with van der Waals surface area (Å²) in [5.74, 6) is 0.135. The molecular weight excluding hydrogens is 130 g/mol. The molecule has 0 fully saturated rings. The van der Waals surface area contributed by atoms with Crippen molar-refractivity contribution >= 4 is 5.84 Å². The molecule has 1 atom stereocenters. The Morgan fingerprint density at radius 3 is 2.60 bits per heavy atom. The van der Waals surface area contributed by atoms with E-state index in [1.54, 1.807) is 0 Å². The minimum atomic E-state index is -0.0767. The number of likely N-dealkylation sites (N-methyl/N-ethyl adjacent to an activating group) is 1. The van der Waals surface area contributed by atoms with Gasteiger partial charge in [0.05, 0.1) is 12.6 Å². The van der Waals surface area contributed by atoms with Crippen LogP contribution in [0.2, 0.25) is 0 Å². The highest BCUT2D eigenvalue weighted by atomic mass is 16.3. The van der Waals surface area contributed by atoms with Crippen LogP contribution in [0.25, 0.3) is 0 Å². The van der Waals surface area contributed by atoms with Crippen molar-refractivity contribution in [1.29, 1.82) is 5.41 Å². The Labute approximate surface area is 61.1 Å². The van der Waals surface area contributed by atoms with Gasteiger partial charge in [-0.1, -0.05) is 0 Å². The molecule has 0 aliphatic carbocycles. The third kappa shape index (κ3) is 2.80. The lowest BCUT2D eigenvalue weighted by atomic mass is 10.3. The molecule has 0 saturated carbocycles. The standard InChI is InChI=1S/C6H15N3O/c1-5(6(7)8)9(2)3-4-10/h5,10H,3-4H2,1-2H3,(H3,7,8). The van der Waals surface area contributed by atoms with Gasteiger partial charge in [-0.2, -0.15) is 0 Å². The van der Waals surface area contributed by atoms with E-state index in [1.807, 2.05) is 18.9 Å². The first-order valence-electron chi connectivity index (χ1n) is 3.24. The molecule has 60 valence electrons. The van der Waals surface area contributed by atoms with Gasteiger partial charge >= 0.3 is 0 Å². The van der Waals surface area contributed by atoms with Gasteiger partial charge in [-0.15, -0.1) is 0 Å². The largest absolute Gasteiger partial charge is 0.395 e. The Bertz CT molecular complexity index is 116. The minimum Gasteiger partial charge on any atom is -0.395 e. The predicted octanol–water partition coefficient (Wildman–Crippen LogP) is -0.765. The van der Waals surface area contributed by atoms with E-state index in [2.05, 4.69) is 0 Å². The van der Waals surface area contributed by atoms with Crippen LogP contribution >= 0.6 is 0 Å². The van der Waals surface area contributed by atoms with Gasteiger partial charge in [-0.3, -0.25) is 10.3 Å². The maximum absolute atomic E-state index is 8.51. The van der Waals surface area contributed by atoms with Crippen LogP contribution in [-0.2, 0) is 0 Å². The summed E-state index contributed by atoms with van der Waals surface area (Å²) in [6.45, 7) is 2.49. The van der Waals surface area contributed by atoms with E-state index in [0.29, 0.717) is 6.54 Å². The van der Waals surface area contributed by atoms with Gasteiger partial charge in [-0.25, -0.2) is 0 Å². The molecule has 0 spiro atoms. The third-order valence-electron chi connectivity index (χ3n) is 1.56. The zero-order chi connectivity index (χ0) is 8.15. The molecule has 4 N–H and O–H groups in total. The highest BCUT2D eigenvalue weighted by molar-refractivity contribution is 5.82. The summed E-state index contributed by atoms with van der Waals surface area (Å²) in [7, 11) is 1.82. The molecular formula is C6H15N3O. The van der Waals surface area contributed by atoms with Crippen LogP contribution in [0.1, 0.15) is 6.92 Å². The molecule has 1 unspecified atom stereocenters. The summed E-state index contributed by atoms with van der Waals surface area (Å²) in [6, 6.07) is -0.0767. The maximum Gasteiger partial charge on any atom is 0.108 e. The molecule has 10 heavy (non-hydrogen) atoms. The van der Waals surface area contributed by atoms with Gasteiger partial charge in [0.25, 0.3) is 0 Å². The van der Waals surface area contributed by atoms with Gasteiger partial charge in [0.1, 0.15) is 5.84 Å². The smallest absolute Gasteiger partial charge is 0.108 e. The molecule has 4 nitrogen and oxygen atoms in total. The monoisotopic (exact) mass is 145 g/mol. The van der Waals surface area contributed by atoms with Crippen LogP contribution in [0.3, 0.4) is 0 Å². The Kier molecular flexibility index (Phi) is 3.99. The molecule has 4 heteroatoms. The second kappa shape index (κ2) is 4.24. The average molecular weight is 145 g/mol. The van der Waals surface area contributed by atoms with E-state index < -0.39 is 0 Å². The molecule has 0 aliphatic heterocycles. The van der Waals surface area contributed by atoms with Gasteiger partial charge in [-0.05, 0) is 14.0 Å². The molecule has 0 rings (SSSR count). The number of hydrogen-bond donors (Lipinski definition) is 3. The van der Waals surface area contributed by atoms with Crippen molar-refractivity contribution in [3.63, 3.8) is 0 Å². The number of nitrogens with two attached hydrogens (primary N) is 1. The van der Waals surface area contributed by atoms with E-state index in [-0.39, 0.29) is 18.5 Å². The van der Waals surface area contributed by atoms with Crippen LogP contribution in [0.15, 0.2) is 0 Å². The van der Waals surface area contributed by atoms with Gasteiger partial charge in [0, 0.05) is 6.54 Å². The van der Waals surface area contributed by atoms with Gasteiger partial charge in [0.2, 0.25) is 0 Å². The summed E-state index contributed by atoms with van der Waals surface area (Å²) < 4.78 is 0. The predicted molar refractivity (Wildman–Crippen MR) is 41.1 cm³/mol. The molecule has 0 heterocycles. The summed E-state index contributed by atoms with van der Waals surface area (Å²) in [5, 5.41) is 15.6. The highest BCUT2D eigenvalue weighted by Crippen LogP contribution is 1.92. The lowest BCUT2D eigenvalue weighted by Crippen LogP contribution is -2.41. The van der Waals surface area contributed by atoms with Crippen LogP contribution < -0.4 is 5.73 Å². The van der Waals surface area contributed by atoms with E-state index >= 15 is 0 Å². The molecule has 0 amide bonds. The summed E-state index contributed by atoms with van der Waals surface area (Å²) in [4.78, 5) is 1.82. The first kappa shape index (κ1) is 9.39. The quantitative estimate of drug-likeness (QED) is 0.359. The fraction of sp³-hybridized carbons (Fsp3) is 0.833. The number of aliphatic hydroxyl groups excluding tert-OH is 1. The Hall–Kier alpha value is -0.610. The molecule has 0 aromatic rings. The average Bonchev–Trinajstić information content (AvgIpc) is 1.87. The number of amidine groups is 1. The van der Waals surface area contributed by atoms with E-state index in [0.717, 1.165) is 0 Å². The first-order valence-corrected chi connectivity index (χ1v) is 3.24. The summed E-state index contributed by atoms with van der Waals surface area (Å²) >= 11 is 0. The number of rotatable bonds is 4. The van der Waals surface area contributed by atoms with Gasteiger partial charge in [0.15, 0.2) is 0 Å². The fourth-order valence-electron chi connectivity index (χ4n) is 0.589. The van der Waals surface area contributed by atoms with Crippen molar-refractivity contribution in [3.05, 3.63) is 0 Å². The zero-order valence-corrected chi connectivity index (χ0v) is 6.46. The molecule has 0 aromatic carbocycles.